The summed E-state index contributed by atoms with van der Waals surface area (Å²) in [5, 5.41) is 0. The molecule has 0 aliphatic heterocycles. The second-order valence-corrected chi connectivity index (χ2v) is 14.0. The molecular weight excluding hydrogens is 539 g/mol. The van der Waals surface area contributed by atoms with Gasteiger partial charge in [0.1, 0.15) is 0 Å². The molecule has 0 radical (unpaired) electrons. The molecule has 0 N–H and O–H groups in total. The van der Waals surface area contributed by atoms with Crippen molar-refractivity contribution >= 4 is 89.5 Å². The predicted molar refractivity (Wildman–Crippen MR) is 136 cm³/mol. The number of benzene rings is 2. The van der Waals surface area contributed by atoms with Crippen molar-refractivity contribution in [1.29, 1.82) is 0 Å². The van der Waals surface area contributed by atoms with Crippen LogP contribution in [0.3, 0.4) is 0 Å². The third-order valence-corrected chi connectivity index (χ3v) is 10.3. The van der Waals surface area contributed by atoms with Gasteiger partial charge in [-0.15, -0.1) is 0 Å². The van der Waals surface area contributed by atoms with Crippen LogP contribution in [0.5, 0.6) is 0 Å². The summed E-state index contributed by atoms with van der Waals surface area (Å²) in [7, 11) is 0. The number of hydrogen-bond acceptors (Lipinski definition) is 6. The van der Waals surface area contributed by atoms with E-state index in [1.807, 2.05) is 48.5 Å². The fraction of sp³-hybridized carbons (Fsp3) is 0.364. The van der Waals surface area contributed by atoms with Gasteiger partial charge in [0.2, 0.25) is 0 Å². The van der Waals surface area contributed by atoms with E-state index in [2.05, 4.69) is 23.8 Å². The van der Waals surface area contributed by atoms with Crippen molar-refractivity contribution in [3.63, 3.8) is 0 Å². The van der Waals surface area contributed by atoms with E-state index in [1.165, 1.54) is 35.1 Å². The van der Waals surface area contributed by atoms with Gasteiger partial charge in [-0.3, -0.25) is 9.97 Å². The topological polar surface area (TPSA) is 25.8 Å². The molecule has 0 aliphatic carbocycles. The first-order valence-corrected chi connectivity index (χ1v) is 16.4. The normalized spacial score (nSPS) is 10.0. The quantitative estimate of drug-likeness (QED) is 0.137. The fourth-order valence-corrected chi connectivity index (χ4v) is 8.72. The van der Waals surface area contributed by atoms with E-state index in [4.69, 9.17) is 25.3 Å². The molecule has 2 aromatic carbocycles. The van der Waals surface area contributed by atoms with Crippen LogP contribution in [0, 0.1) is 0 Å². The third-order valence-electron chi connectivity index (χ3n) is 3.96. The van der Waals surface area contributed by atoms with Crippen LogP contribution in [-0.4, -0.2) is 31.1 Å². The number of rotatable bonds is 6. The van der Waals surface area contributed by atoms with E-state index in [-0.39, 0.29) is 21.1 Å². The van der Waals surface area contributed by atoms with Gasteiger partial charge in [0.05, 0.1) is 11.0 Å². The summed E-state index contributed by atoms with van der Waals surface area (Å²) < 4.78 is 7.04. The first kappa shape index (κ1) is 24.7. The molecule has 2 nitrogen and oxygen atoms in total. The van der Waals surface area contributed by atoms with Crippen LogP contribution in [0.1, 0.15) is 39.5 Å². The molecule has 2 aromatic heterocycles. The Morgan fingerprint density at radius 1 is 0.724 bits per heavy atom. The smallest absolute Gasteiger partial charge is 0.0600 e. The fourth-order valence-electron chi connectivity index (χ4n) is 2.43. The number of fused-ring (bicyclic) bond motifs is 2. The van der Waals surface area contributed by atoms with Gasteiger partial charge in [0.25, 0.3) is 0 Å². The Labute approximate surface area is 203 Å². The molecule has 0 amide bonds. The van der Waals surface area contributed by atoms with Crippen molar-refractivity contribution in [1.82, 2.24) is 9.97 Å². The zero-order chi connectivity index (χ0) is 20.9. The van der Waals surface area contributed by atoms with Gasteiger partial charge in [-0.2, -0.15) is 0 Å². The van der Waals surface area contributed by atoms with Crippen molar-refractivity contribution in [3.8, 4) is 0 Å². The Balaban J connectivity index is 0.000000156. The maximum Gasteiger partial charge on any atom is 0.0600 e. The van der Waals surface area contributed by atoms with Gasteiger partial charge < -0.3 is 47.9 Å². The first-order valence-electron chi connectivity index (χ1n) is 9.90. The standard InChI is InChI=1S/2C7H5NS2.2C4H9.Sn/c2*9-7-8-5-3-1-2-4-6(5)10-7;2*1-3-4-2;/h2*1-4H,(H,8,9);2*1,3-4H2,2H3;/q;;;;+2/p-2. The van der Waals surface area contributed by atoms with Crippen LogP contribution in [-0.2, 0) is 25.3 Å². The molecule has 4 rings (SSSR count). The van der Waals surface area contributed by atoms with Crippen molar-refractivity contribution in [3.05, 3.63) is 48.5 Å². The van der Waals surface area contributed by atoms with E-state index in [0.29, 0.717) is 0 Å². The van der Waals surface area contributed by atoms with Crippen LogP contribution < -0.4 is 0 Å². The largest absolute Gasteiger partial charge is 0.408 e. The van der Waals surface area contributed by atoms with E-state index >= 15 is 0 Å². The Hall–Kier alpha value is -0.541. The summed E-state index contributed by atoms with van der Waals surface area (Å²) in [6.07, 6.45) is 5.84. The summed E-state index contributed by atoms with van der Waals surface area (Å²) in [6, 6.07) is 15.9. The van der Waals surface area contributed by atoms with E-state index in [1.54, 1.807) is 31.5 Å². The molecule has 2 heterocycles. The van der Waals surface area contributed by atoms with Crippen LogP contribution in [0.25, 0.3) is 20.4 Å². The second kappa shape index (κ2) is 14.5. The molecule has 0 fully saturated rings. The van der Waals surface area contributed by atoms with Crippen LogP contribution >= 0.6 is 22.7 Å². The predicted octanol–water partition coefficient (Wildman–Crippen LogP) is 7.53. The van der Waals surface area contributed by atoms with Crippen molar-refractivity contribution in [2.24, 2.45) is 0 Å². The Kier molecular flexibility index (Phi) is 12.3. The van der Waals surface area contributed by atoms with Crippen molar-refractivity contribution in [2.75, 3.05) is 0 Å². The van der Waals surface area contributed by atoms with Gasteiger partial charge in [-0.25, -0.2) is 0 Å². The maximum absolute atomic E-state index is 4.92. The number of hydrogen-bond donors (Lipinski definition) is 0. The number of thiazole rings is 2. The van der Waals surface area contributed by atoms with Gasteiger partial charge >= 0.3 is 69.5 Å². The molecule has 7 heteroatoms. The molecule has 152 valence electrons. The van der Waals surface area contributed by atoms with Crippen LogP contribution in [0.2, 0.25) is 8.87 Å². The number of aromatic nitrogens is 2. The average molecular weight is 565 g/mol. The number of unbranched alkanes of at least 4 members (excludes halogenated alkanes) is 2. The number of nitrogens with zero attached hydrogens (tertiary/aromatic N) is 2. The van der Waals surface area contributed by atoms with Gasteiger partial charge in [0.15, 0.2) is 0 Å². The molecule has 29 heavy (non-hydrogen) atoms. The Bertz CT molecular complexity index is 823. The molecule has 0 saturated carbocycles. The SMILES string of the molecule is CCC[CH2][Sn+2][CH2]CCC.[S-]c1nc2ccccc2s1.[S-]c1nc2ccccc2s1. The summed E-state index contributed by atoms with van der Waals surface area (Å²) in [5.74, 6) is 0. The molecule has 0 unspecified atom stereocenters. The first-order chi connectivity index (χ1) is 14.1. The molecule has 0 spiro atoms. The van der Waals surface area contributed by atoms with Gasteiger partial charge in [-0.1, -0.05) is 36.4 Å². The molecular formula is C22H26N2S4Sn. The summed E-state index contributed by atoms with van der Waals surface area (Å²) in [5.41, 5.74) is 2.02. The van der Waals surface area contributed by atoms with E-state index in [0.717, 1.165) is 19.7 Å². The molecule has 4 aromatic rings. The van der Waals surface area contributed by atoms with Gasteiger partial charge in [0, 0.05) is 0 Å². The average Bonchev–Trinajstić information content (AvgIpc) is 3.29. The minimum Gasteiger partial charge on any atom is -0.408 e. The van der Waals surface area contributed by atoms with Crippen molar-refractivity contribution in [2.45, 2.75) is 57.1 Å². The maximum atomic E-state index is 4.92. The summed E-state index contributed by atoms with van der Waals surface area (Å²) in [4.78, 5) is 8.29. The Morgan fingerprint density at radius 2 is 1.14 bits per heavy atom. The molecule has 0 saturated heterocycles. The summed E-state index contributed by atoms with van der Waals surface area (Å²) in [6.45, 7) is 4.58. The molecule has 0 bridgehead atoms. The minimum atomic E-state index is 0.149. The molecule has 0 aliphatic rings. The Morgan fingerprint density at radius 3 is 1.52 bits per heavy atom. The zero-order valence-electron chi connectivity index (χ0n) is 16.9. The van der Waals surface area contributed by atoms with E-state index in [9.17, 15) is 0 Å². The minimum absolute atomic E-state index is 0.149. The van der Waals surface area contributed by atoms with Crippen LogP contribution in [0.4, 0.5) is 0 Å². The van der Waals surface area contributed by atoms with Gasteiger partial charge in [-0.05, 0) is 30.2 Å². The number of para-hydroxylation sites is 2. The summed E-state index contributed by atoms with van der Waals surface area (Å²) >= 11 is 13.1. The second-order valence-electron chi connectivity index (χ2n) is 6.35. The third kappa shape index (κ3) is 9.42. The van der Waals surface area contributed by atoms with Crippen molar-refractivity contribution < 1.29 is 0 Å². The molecule has 0 atom stereocenters. The monoisotopic (exact) mass is 566 g/mol. The zero-order valence-corrected chi connectivity index (χ0v) is 23.0. The van der Waals surface area contributed by atoms with E-state index < -0.39 is 0 Å². The van der Waals surface area contributed by atoms with Crippen LogP contribution in [0.15, 0.2) is 57.2 Å².